The molecule has 1 fully saturated rings. The number of nitrogens with two attached hydrogens (primary N) is 1. The van der Waals surface area contributed by atoms with Crippen LogP contribution in [-0.4, -0.2) is 41.0 Å². The van der Waals surface area contributed by atoms with E-state index in [1.165, 1.54) is 0 Å². The van der Waals surface area contributed by atoms with Crippen molar-refractivity contribution < 1.29 is 19.1 Å². The van der Waals surface area contributed by atoms with Crippen LogP contribution in [0.4, 0.5) is 16.3 Å². The first-order valence-electron chi connectivity index (χ1n) is 11.4. The molecule has 1 aliphatic heterocycles. The van der Waals surface area contributed by atoms with Crippen molar-refractivity contribution in [2.75, 3.05) is 23.4 Å². The highest BCUT2D eigenvalue weighted by atomic mass is 16.6. The van der Waals surface area contributed by atoms with E-state index in [0.29, 0.717) is 30.2 Å². The van der Waals surface area contributed by atoms with E-state index in [2.05, 4.69) is 15.3 Å². The maximum absolute atomic E-state index is 12.6. The summed E-state index contributed by atoms with van der Waals surface area (Å²) in [6.07, 6.45) is 3.26. The molecule has 9 nitrogen and oxygen atoms in total. The van der Waals surface area contributed by atoms with E-state index in [9.17, 15) is 14.4 Å². The number of hydrogen-bond donors (Lipinski definition) is 3. The third-order valence-electron chi connectivity index (χ3n) is 5.86. The van der Waals surface area contributed by atoms with Gasteiger partial charge >= 0.3 is 6.09 Å². The third-order valence-corrected chi connectivity index (χ3v) is 5.86. The molecule has 3 heterocycles. The van der Waals surface area contributed by atoms with Crippen molar-refractivity contribution in [2.45, 2.75) is 6.42 Å². The van der Waals surface area contributed by atoms with E-state index in [4.69, 9.17) is 10.5 Å². The van der Waals surface area contributed by atoms with Gasteiger partial charge in [-0.3, -0.25) is 14.5 Å². The van der Waals surface area contributed by atoms with Crippen molar-refractivity contribution in [3.63, 3.8) is 0 Å². The summed E-state index contributed by atoms with van der Waals surface area (Å²) >= 11 is 0. The van der Waals surface area contributed by atoms with Gasteiger partial charge in [-0.2, -0.15) is 0 Å². The summed E-state index contributed by atoms with van der Waals surface area (Å²) in [4.78, 5) is 45.4. The van der Waals surface area contributed by atoms with Crippen LogP contribution in [0.25, 0.3) is 22.7 Å². The summed E-state index contributed by atoms with van der Waals surface area (Å²) in [6.45, 7) is 0.886. The van der Waals surface area contributed by atoms with Gasteiger partial charge in [-0.1, -0.05) is 42.5 Å². The number of nitrogens with zero attached hydrogens (tertiary/aromatic N) is 2. The second-order valence-electron chi connectivity index (χ2n) is 8.28. The molecule has 9 heteroatoms. The minimum atomic E-state index is -0.527. The molecule has 2 aromatic carbocycles. The van der Waals surface area contributed by atoms with Crippen LogP contribution in [0.5, 0.6) is 0 Å². The van der Waals surface area contributed by atoms with Crippen LogP contribution in [-0.2, 0) is 20.7 Å². The van der Waals surface area contributed by atoms with Gasteiger partial charge in [0.05, 0.1) is 13.0 Å². The Labute approximate surface area is 206 Å². The third kappa shape index (κ3) is 4.80. The number of primary amides is 1. The lowest BCUT2D eigenvalue weighted by Crippen LogP contribution is -2.23. The maximum atomic E-state index is 12.6. The van der Waals surface area contributed by atoms with Crippen LogP contribution in [0.1, 0.15) is 16.7 Å². The molecular weight excluding hydrogens is 458 g/mol. The number of anilines is 2. The molecule has 0 aliphatic carbocycles. The Morgan fingerprint density at radius 1 is 1.08 bits per heavy atom. The highest BCUT2D eigenvalue weighted by molar-refractivity contribution is 6.24. The molecule has 4 N–H and O–H groups in total. The van der Waals surface area contributed by atoms with Crippen LogP contribution >= 0.6 is 0 Å². The average Bonchev–Trinajstić information content (AvgIpc) is 3.49. The minimum absolute atomic E-state index is 0.155. The van der Waals surface area contributed by atoms with Gasteiger partial charge in [0.2, 0.25) is 11.8 Å². The SMILES string of the molecule is NC(=O)/C(=C/c1c[nH]c2nc(NC(=O)Cc3ccc(N4CCOC4=O)cc3)ccc12)c1ccccc1. The van der Waals surface area contributed by atoms with Gasteiger partial charge in [-0.25, -0.2) is 9.78 Å². The van der Waals surface area contributed by atoms with E-state index in [1.54, 1.807) is 35.4 Å². The van der Waals surface area contributed by atoms with Crippen LogP contribution in [0.15, 0.2) is 72.9 Å². The zero-order chi connectivity index (χ0) is 25.1. The molecule has 0 unspecified atom stereocenters. The monoisotopic (exact) mass is 481 g/mol. The van der Waals surface area contributed by atoms with Crippen LogP contribution in [0.3, 0.4) is 0 Å². The molecule has 36 heavy (non-hydrogen) atoms. The number of pyridine rings is 1. The van der Waals surface area contributed by atoms with Crippen molar-refractivity contribution in [1.29, 1.82) is 0 Å². The summed E-state index contributed by atoms with van der Waals surface area (Å²) in [5.74, 6) is -0.345. The van der Waals surface area contributed by atoms with Gasteiger partial charge in [-0.05, 0) is 41.5 Å². The number of hydrogen-bond acceptors (Lipinski definition) is 5. The summed E-state index contributed by atoms with van der Waals surface area (Å²) in [6, 6.07) is 19.9. The molecule has 3 amide bonds. The number of cyclic esters (lactones) is 1. The van der Waals surface area contributed by atoms with Gasteiger partial charge in [0.1, 0.15) is 18.1 Å². The fourth-order valence-corrected chi connectivity index (χ4v) is 4.08. The van der Waals surface area contributed by atoms with Gasteiger partial charge in [0.25, 0.3) is 0 Å². The highest BCUT2D eigenvalue weighted by Gasteiger charge is 2.23. The Hall–Kier alpha value is -4.92. The molecule has 180 valence electrons. The molecule has 5 rings (SSSR count). The predicted octanol–water partition coefficient (Wildman–Crippen LogP) is 3.73. The van der Waals surface area contributed by atoms with Gasteiger partial charge in [0.15, 0.2) is 0 Å². The number of fused-ring (bicyclic) bond motifs is 1. The maximum Gasteiger partial charge on any atom is 0.414 e. The molecule has 2 aromatic heterocycles. The van der Waals surface area contributed by atoms with Crippen molar-refractivity contribution >= 4 is 52.1 Å². The first kappa shape index (κ1) is 22.9. The van der Waals surface area contributed by atoms with E-state index in [1.807, 2.05) is 48.5 Å². The van der Waals surface area contributed by atoms with E-state index < -0.39 is 5.91 Å². The molecule has 0 saturated carbocycles. The number of carbonyl (C=O) groups excluding carboxylic acids is 3. The van der Waals surface area contributed by atoms with Crippen molar-refractivity contribution in [1.82, 2.24) is 9.97 Å². The molecule has 1 saturated heterocycles. The molecule has 0 bridgehead atoms. The number of nitrogens with one attached hydrogen (secondary N) is 2. The molecule has 0 spiro atoms. The number of H-pyrrole nitrogens is 1. The first-order valence-corrected chi connectivity index (χ1v) is 11.4. The number of ether oxygens (including phenoxy) is 1. The van der Waals surface area contributed by atoms with Crippen LogP contribution in [0, 0.1) is 0 Å². The van der Waals surface area contributed by atoms with Crippen molar-refractivity contribution in [2.24, 2.45) is 5.73 Å². The largest absolute Gasteiger partial charge is 0.447 e. The number of rotatable bonds is 7. The second kappa shape index (κ2) is 9.75. The standard InChI is InChI=1S/C27H23N5O4/c28-25(34)22(18-4-2-1-3-5-18)15-19-16-29-26-21(19)10-11-23(31-26)30-24(33)14-17-6-8-20(9-7-17)32-12-13-36-27(32)35/h1-11,15-16H,12-14H2,(H2,28,34)(H2,29,30,31,33)/b22-15+. The Morgan fingerprint density at radius 3 is 2.56 bits per heavy atom. The molecule has 0 radical (unpaired) electrons. The smallest absolute Gasteiger partial charge is 0.414 e. The summed E-state index contributed by atoms with van der Waals surface area (Å²) in [7, 11) is 0. The number of benzene rings is 2. The fraction of sp³-hybridized carbons (Fsp3) is 0.111. The van der Waals surface area contributed by atoms with E-state index in [0.717, 1.165) is 27.8 Å². The number of amides is 3. The lowest BCUT2D eigenvalue weighted by molar-refractivity contribution is -0.115. The summed E-state index contributed by atoms with van der Waals surface area (Å²) in [5.41, 5.74) is 9.59. The summed E-state index contributed by atoms with van der Waals surface area (Å²) < 4.78 is 4.95. The number of carbonyl (C=O) groups is 3. The molecule has 4 aromatic rings. The lowest BCUT2D eigenvalue weighted by Gasteiger charge is -2.13. The molecule has 0 atom stereocenters. The van der Waals surface area contributed by atoms with Gasteiger partial charge < -0.3 is 20.8 Å². The zero-order valence-corrected chi connectivity index (χ0v) is 19.2. The average molecular weight is 482 g/mol. The van der Waals surface area contributed by atoms with Crippen molar-refractivity contribution in [3.8, 4) is 0 Å². The van der Waals surface area contributed by atoms with Crippen LogP contribution in [0.2, 0.25) is 0 Å². The topological polar surface area (TPSA) is 130 Å². The normalized spacial score (nSPS) is 13.6. The van der Waals surface area contributed by atoms with E-state index >= 15 is 0 Å². The lowest BCUT2D eigenvalue weighted by atomic mass is 10.0. The minimum Gasteiger partial charge on any atom is -0.447 e. The highest BCUT2D eigenvalue weighted by Crippen LogP contribution is 2.25. The van der Waals surface area contributed by atoms with Gasteiger partial charge in [0, 0.05) is 28.4 Å². The Balaban J connectivity index is 1.28. The zero-order valence-electron chi connectivity index (χ0n) is 19.2. The number of aromatic nitrogens is 2. The quantitative estimate of drug-likeness (QED) is 0.346. The van der Waals surface area contributed by atoms with E-state index in [-0.39, 0.29) is 18.4 Å². The Morgan fingerprint density at radius 2 is 1.86 bits per heavy atom. The Bertz CT molecular complexity index is 1480. The van der Waals surface area contributed by atoms with Crippen LogP contribution < -0.4 is 16.0 Å². The predicted molar refractivity (Wildman–Crippen MR) is 137 cm³/mol. The fourth-order valence-electron chi connectivity index (χ4n) is 4.08. The number of aromatic amines is 1. The molecular formula is C27H23N5O4. The Kier molecular flexibility index (Phi) is 6.19. The van der Waals surface area contributed by atoms with Crippen molar-refractivity contribution in [3.05, 3.63) is 89.6 Å². The summed E-state index contributed by atoms with van der Waals surface area (Å²) in [5, 5.41) is 3.60. The second-order valence-corrected chi connectivity index (χ2v) is 8.28. The first-order chi connectivity index (χ1) is 17.5. The molecule has 1 aliphatic rings. The van der Waals surface area contributed by atoms with Gasteiger partial charge in [-0.15, -0.1) is 0 Å².